The van der Waals surface area contributed by atoms with Crippen molar-refractivity contribution in [3.63, 3.8) is 0 Å². The van der Waals surface area contributed by atoms with Crippen LogP contribution in [0.25, 0.3) is 55.6 Å². The van der Waals surface area contributed by atoms with Gasteiger partial charge in [-0.15, -0.1) is 11.8 Å². The van der Waals surface area contributed by atoms with Crippen molar-refractivity contribution in [2.75, 3.05) is 18.8 Å². The standard InChI is InChI=1S/C22H19BrN4O2S2.C22H19ClN4O2S/c1-13-7-6-9-15(11-13)21-24-20(26-31-21)19-17(23)18(22(28)29-12-30-3)25-27(19)16-10-5-4-8-14(16)2;1-4-29-22(28)18-17(23)19(27(25-18)16-11-6-5-9-14(16)3)20-24-21(30-26-20)15-10-7-8-13(2)12-15/h4-11H,12H2,1-3H3;5-12H,4H2,1-3H3. The first-order chi connectivity index (χ1) is 29.5. The van der Waals surface area contributed by atoms with Gasteiger partial charge in [0.1, 0.15) is 32.4 Å². The van der Waals surface area contributed by atoms with E-state index in [1.54, 1.807) is 16.3 Å². The second-order valence-electron chi connectivity index (χ2n) is 13.6. The maximum atomic E-state index is 12.6. The van der Waals surface area contributed by atoms with E-state index in [1.807, 2.05) is 119 Å². The van der Waals surface area contributed by atoms with Crippen LogP contribution in [0, 0.1) is 27.7 Å². The van der Waals surface area contributed by atoms with Crippen LogP contribution in [0.3, 0.4) is 0 Å². The molecule has 0 saturated heterocycles. The van der Waals surface area contributed by atoms with Crippen LogP contribution in [0.1, 0.15) is 50.2 Å². The smallest absolute Gasteiger partial charge is 0.360 e. The van der Waals surface area contributed by atoms with Crippen LogP contribution < -0.4 is 0 Å². The van der Waals surface area contributed by atoms with Gasteiger partial charge < -0.3 is 9.47 Å². The van der Waals surface area contributed by atoms with Gasteiger partial charge in [0.05, 0.1) is 22.5 Å². The number of halogens is 2. The third-order valence-electron chi connectivity index (χ3n) is 9.12. The first kappa shape index (κ1) is 43.6. The summed E-state index contributed by atoms with van der Waals surface area (Å²) in [5, 5.41) is 10.8. The van der Waals surface area contributed by atoms with Gasteiger partial charge in [-0.1, -0.05) is 95.5 Å². The molecule has 0 aliphatic carbocycles. The first-order valence-corrected chi connectivity index (χ1v) is 22.9. The van der Waals surface area contributed by atoms with E-state index in [9.17, 15) is 9.59 Å². The van der Waals surface area contributed by atoms with Crippen molar-refractivity contribution < 1.29 is 19.1 Å². The summed E-state index contributed by atoms with van der Waals surface area (Å²) in [5.41, 5.74) is 9.19. The Bertz CT molecular complexity index is 2870. The summed E-state index contributed by atoms with van der Waals surface area (Å²) in [7, 11) is 0. The molecule has 61 heavy (non-hydrogen) atoms. The Morgan fingerprint density at radius 1 is 0.689 bits per heavy atom. The zero-order valence-electron chi connectivity index (χ0n) is 33.8. The minimum absolute atomic E-state index is 0.0451. The largest absolute Gasteiger partial charge is 0.461 e. The number of carbonyl (C=O) groups is 2. The zero-order chi connectivity index (χ0) is 43.2. The third kappa shape index (κ3) is 9.53. The van der Waals surface area contributed by atoms with Crippen molar-refractivity contribution in [2.45, 2.75) is 34.6 Å². The lowest BCUT2D eigenvalue weighted by Gasteiger charge is -2.08. The number of para-hydroxylation sites is 2. The predicted octanol–water partition coefficient (Wildman–Crippen LogP) is 11.4. The van der Waals surface area contributed by atoms with Crippen molar-refractivity contribution in [3.05, 3.63) is 140 Å². The van der Waals surface area contributed by atoms with Gasteiger partial charge in [-0.25, -0.2) is 28.9 Å². The van der Waals surface area contributed by atoms with Crippen molar-refractivity contribution >= 4 is 74.3 Å². The molecule has 8 rings (SSSR count). The van der Waals surface area contributed by atoms with Crippen LogP contribution >= 0.6 is 62.4 Å². The van der Waals surface area contributed by atoms with E-state index in [1.165, 1.54) is 34.8 Å². The van der Waals surface area contributed by atoms with Crippen molar-refractivity contribution in [1.82, 2.24) is 38.3 Å². The van der Waals surface area contributed by atoms with E-state index in [4.69, 9.17) is 31.0 Å². The highest BCUT2D eigenvalue weighted by Crippen LogP contribution is 2.37. The summed E-state index contributed by atoms with van der Waals surface area (Å²) in [5.74, 6) is 0.0830. The van der Waals surface area contributed by atoms with Gasteiger partial charge in [-0.05, 0) is 115 Å². The Morgan fingerprint density at radius 2 is 1.18 bits per heavy atom. The number of nitrogens with zero attached hydrogens (tertiary/aromatic N) is 8. The summed E-state index contributed by atoms with van der Waals surface area (Å²) >= 11 is 14.2. The van der Waals surface area contributed by atoms with Crippen LogP contribution in [0.2, 0.25) is 5.02 Å². The number of benzene rings is 4. The highest BCUT2D eigenvalue weighted by atomic mass is 79.9. The molecule has 4 aromatic heterocycles. The van der Waals surface area contributed by atoms with Gasteiger partial charge >= 0.3 is 11.9 Å². The Kier molecular flexibility index (Phi) is 13.9. The van der Waals surface area contributed by atoms with Gasteiger partial charge in [-0.3, -0.25) is 0 Å². The number of rotatable bonds is 11. The molecule has 0 amide bonds. The molecule has 0 unspecified atom stereocenters. The first-order valence-electron chi connectivity index (χ1n) is 18.8. The summed E-state index contributed by atoms with van der Waals surface area (Å²) in [6.07, 6.45) is 1.87. The monoisotopic (exact) mass is 952 g/mol. The number of hydrogen-bond acceptors (Lipinski definition) is 13. The molecule has 0 atom stereocenters. The Balaban J connectivity index is 0.000000184. The van der Waals surface area contributed by atoms with Crippen LogP contribution in [-0.2, 0) is 9.47 Å². The summed E-state index contributed by atoms with van der Waals surface area (Å²) in [4.78, 5) is 34.5. The van der Waals surface area contributed by atoms with Gasteiger partial charge in [0.15, 0.2) is 23.0 Å². The Hall–Kier alpha value is -5.52. The molecule has 0 aliphatic heterocycles. The predicted molar refractivity (Wildman–Crippen MR) is 247 cm³/mol. The van der Waals surface area contributed by atoms with Gasteiger partial charge in [0.25, 0.3) is 0 Å². The van der Waals surface area contributed by atoms with Gasteiger partial charge in [-0.2, -0.15) is 18.9 Å². The van der Waals surface area contributed by atoms with Crippen LogP contribution in [0.4, 0.5) is 0 Å². The quantitative estimate of drug-likeness (QED) is 0.0904. The van der Waals surface area contributed by atoms with E-state index in [0.29, 0.717) is 27.5 Å². The number of ether oxygens (including phenoxy) is 2. The lowest BCUT2D eigenvalue weighted by atomic mass is 10.1. The number of aromatic nitrogens is 8. The second kappa shape index (κ2) is 19.5. The Morgan fingerprint density at radius 3 is 1.69 bits per heavy atom. The fourth-order valence-electron chi connectivity index (χ4n) is 6.21. The van der Waals surface area contributed by atoms with Crippen LogP contribution in [-0.4, -0.2) is 69.0 Å². The molecule has 0 spiro atoms. The van der Waals surface area contributed by atoms with E-state index < -0.39 is 11.9 Å². The van der Waals surface area contributed by atoms with Crippen molar-refractivity contribution in [3.8, 4) is 55.6 Å². The lowest BCUT2D eigenvalue weighted by Crippen LogP contribution is -2.07. The summed E-state index contributed by atoms with van der Waals surface area (Å²) in [6, 6.07) is 31.7. The summed E-state index contributed by atoms with van der Waals surface area (Å²) < 4.78 is 23.4. The van der Waals surface area contributed by atoms with Gasteiger partial charge in [0, 0.05) is 11.1 Å². The molecular weight excluding hydrogens is 916 g/mol. The van der Waals surface area contributed by atoms with Crippen LogP contribution in [0.5, 0.6) is 0 Å². The topological polar surface area (TPSA) is 140 Å². The molecule has 4 heterocycles. The highest BCUT2D eigenvalue weighted by Gasteiger charge is 2.29. The number of carbonyl (C=O) groups excluding carboxylic acids is 2. The average molecular weight is 954 g/mol. The minimum Gasteiger partial charge on any atom is -0.461 e. The molecule has 17 heteroatoms. The molecule has 12 nitrogen and oxygen atoms in total. The average Bonchev–Trinajstić information content (AvgIpc) is 4.06. The molecule has 0 radical (unpaired) electrons. The maximum absolute atomic E-state index is 12.6. The molecular formula is C44H38BrClN8O4S3. The molecule has 0 N–H and O–H groups in total. The number of hydrogen-bond donors (Lipinski definition) is 0. The molecule has 0 bridgehead atoms. The van der Waals surface area contributed by atoms with Crippen LogP contribution in [0.15, 0.2) is 102 Å². The molecule has 0 saturated carbocycles. The molecule has 310 valence electrons. The van der Waals surface area contributed by atoms with Gasteiger partial charge in [0.2, 0.25) is 0 Å². The molecule has 4 aromatic carbocycles. The SMILES string of the molecule is CCOC(=O)c1nn(-c2ccccc2C)c(-c2nsc(-c3cccc(C)c3)n2)c1Cl.CSCOC(=O)c1nn(-c2ccccc2C)c(-c2nsc(-c3cccc(C)c3)n2)c1Br. The maximum Gasteiger partial charge on any atom is 0.360 e. The fraction of sp³-hybridized carbons (Fsp3) is 0.182. The lowest BCUT2D eigenvalue weighted by molar-refractivity contribution is 0.0517. The minimum atomic E-state index is -0.578. The zero-order valence-corrected chi connectivity index (χ0v) is 38.6. The van der Waals surface area contributed by atoms with E-state index >= 15 is 0 Å². The summed E-state index contributed by atoms with van der Waals surface area (Å²) in [6.45, 7) is 10.00. The molecule has 8 aromatic rings. The number of aryl methyl sites for hydroxylation is 4. The third-order valence-corrected chi connectivity index (χ3v) is 12.1. The van der Waals surface area contributed by atoms with Crippen molar-refractivity contribution in [2.24, 2.45) is 0 Å². The normalized spacial score (nSPS) is 11.0. The second-order valence-corrected chi connectivity index (χ2v) is 17.1. The van der Waals surface area contributed by atoms with E-state index in [2.05, 4.69) is 47.0 Å². The van der Waals surface area contributed by atoms with E-state index in [0.717, 1.165) is 54.8 Å². The van der Waals surface area contributed by atoms with E-state index in [-0.39, 0.29) is 29.0 Å². The Labute approximate surface area is 378 Å². The fourth-order valence-corrected chi connectivity index (χ4v) is 8.62. The molecule has 0 fully saturated rings. The molecule has 0 aliphatic rings. The number of esters is 2. The highest BCUT2D eigenvalue weighted by molar-refractivity contribution is 9.10. The number of thioether (sulfide) groups is 1. The van der Waals surface area contributed by atoms with Crippen molar-refractivity contribution in [1.29, 1.82) is 0 Å².